The number of aromatic hydroxyl groups is 4. The zero-order valence-electron chi connectivity index (χ0n) is 21.7. The van der Waals surface area contributed by atoms with Gasteiger partial charge in [0.1, 0.15) is 58.6 Å². The second-order valence-corrected chi connectivity index (χ2v) is 9.64. The molecular formula is C30H26O12. The highest BCUT2D eigenvalue weighted by molar-refractivity contribution is 5.90. The number of fused-ring (bicyclic) bond motifs is 1. The van der Waals surface area contributed by atoms with E-state index < -0.39 is 60.0 Å². The van der Waals surface area contributed by atoms with Crippen LogP contribution in [0.1, 0.15) is 17.2 Å². The first-order valence-electron chi connectivity index (χ1n) is 12.7. The third-order valence-corrected chi connectivity index (χ3v) is 6.86. The molecule has 12 nitrogen and oxygen atoms in total. The molecule has 1 aliphatic heterocycles. The van der Waals surface area contributed by atoms with Crippen LogP contribution >= 0.6 is 0 Å². The molecule has 5 atom stereocenters. The van der Waals surface area contributed by atoms with Crippen LogP contribution in [0, 0.1) is 0 Å². The van der Waals surface area contributed by atoms with Gasteiger partial charge in [-0.3, -0.25) is 4.79 Å². The zero-order valence-corrected chi connectivity index (χ0v) is 21.7. The van der Waals surface area contributed by atoms with E-state index in [1.54, 1.807) is 0 Å². The Morgan fingerprint density at radius 2 is 1.52 bits per heavy atom. The number of phenols is 4. The highest BCUT2D eigenvalue weighted by Gasteiger charge is 2.48. The van der Waals surface area contributed by atoms with Crippen molar-refractivity contribution in [3.8, 4) is 34.3 Å². The normalized spacial score (nSPS) is 22.4. The van der Waals surface area contributed by atoms with Crippen molar-refractivity contribution in [1.82, 2.24) is 0 Å². The number of hydrogen-bond donors (Lipinski definition) is 7. The largest absolute Gasteiger partial charge is 0.508 e. The van der Waals surface area contributed by atoms with Crippen molar-refractivity contribution in [3.05, 3.63) is 88.1 Å². The molecule has 1 saturated heterocycles. The third kappa shape index (κ3) is 5.51. The Bertz CT molecular complexity index is 1690. The van der Waals surface area contributed by atoms with Crippen molar-refractivity contribution >= 4 is 23.0 Å². The third-order valence-electron chi connectivity index (χ3n) is 6.86. The summed E-state index contributed by atoms with van der Waals surface area (Å²) in [5.41, 5.74) is -0.484. The molecule has 42 heavy (non-hydrogen) atoms. The average molecular weight is 579 g/mol. The van der Waals surface area contributed by atoms with Crippen LogP contribution in [0.15, 0.2) is 76.0 Å². The lowest BCUT2D eigenvalue weighted by Gasteiger charge is -2.41. The van der Waals surface area contributed by atoms with Crippen LogP contribution in [0.25, 0.3) is 28.4 Å². The van der Waals surface area contributed by atoms with Crippen molar-refractivity contribution in [2.24, 2.45) is 0 Å². The summed E-state index contributed by atoms with van der Waals surface area (Å²) >= 11 is 0. The van der Waals surface area contributed by atoms with Gasteiger partial charge in [0.2, 0.25) is 0 Å². The van der Waals surface area contributed by atoms with E-state index in [9.17, 15) is 45.3 Å². The number of benzene rings is 3. The number of aliphatic hydroxyl groups excluding tert-OH is 3. The summed E-state index contributed by atoms with van der Waals surface area (Å²) in [4.78, 5) is 25.9. The molecule has 12 heteroatoms. The smallest absolute Gasteiger partial charge is 0.331 e. The van der Waals surface area contributed by atoms with E-state index in [-0.39, 0.29) is 33.8 Å². The molecule has 3 aromatic carbocycles. The fourth-order valence-electron chi connectivity index (χ4n) is 4.74. The number of carbonyl (C=O) groups is 1. The maximum atomic E-state index is 13.1. The van der Waals surface area contributed by atoms with Gasteiger partial charge in [-0.25, -0.2) is 4.79 Å². The topological polar surface area (TPSA) is 207 Å². The highest BCUT2D eigenvalue weighted by atomic mass is 16.6. The Hall–Kier alpha value is -4.88. The highest BCUT2D eigenvalue weighted by Crippen LogP contribution is 2.44. The Labute approximate surface area is 237 Å². The van der Waals surface area contributed by atoms with Crippen LogP contribution in [-0.2, 0) is 14.3 Å². The van der Waals surface area contributed by atoms with Gasteiger partial charge in [-0.2, -0.15) is 0 Å². The fraction of sp³-hybridized carbons (Fsp3) is 0.200. The minimum absolute atomic E-state index is 0.0146. The van der Waals surface area contributed by atoms with E-state index in [4.69, 9.17) is 13.9 Å². The lowest BCUT2D eigenvalue weighted by molar-refractivity contribution is -0.239. The maximum absolute atomic E-state index is 13.1. The van der Waals surface area contributed by atoms with Gasteiger partial charge < -0.3 is 49.6 Å². The minimum Gasteiger partial charge on any atom is -0.508 e. The SMILES string of the molecule is O=C(C=Cc1ccc(O)cc1)OC1C(c2c(O)cc(O)c3c(=O)cc(-c4ccc(O)cc4)oc23)OC(CO)C(O)C1O. The van der Waals surface area contributed by atoms with E-state index in [2.05, 4.69) is 0 Å². The van der Waals surface area contributed by atoms with Crippen LogP contribution < -0.4 is 5.43 Å². The molecule has 5 unspecified atom stereocenters. The van der Waals surface area contributed by atoms with Gasteiger partial charge in [0.05, 0.1) is 12.2 Å². The molecule has 0 bridgehead atoms. The van der Waals surface area contributed by atoms with Crippen molar-refractivity contribution in [2.75, 3.05) is 6.61 Å². The van der Waals surface area contributed by atoms with Gasteiger partial charge in [0.15, 0.2) is 17.1 Å². The number of ether oxygens (including phenoxy) is 2. The monoisotopic (exact) mass is 578 g/mol. The lowest BCUT2D eigenvalue weighted by Crippen LogP contribution is -2.56. The first-order chi connectivity index (χ1) is 20.1. The molecular weight excluding hydrogens is 552 g/mol. The number of phenolic OH excluding ortho intramolecular Hbond substituents is 4. The minimum atomic E-state index is -1.83. The molecule has 0 amide bonds. The van der Waals surface area contributed by atoms with Gasteiger partial charge in [0, 0.05) is 23.8 Å². The van der Waals surface area contributed by atoms with Crippen LogP contribution in [0.5, 0.6) is 23.0 Å². The van der Waals surface area contributed by atoms with E-state index in [1.165, 1.54) is 54.6 Å². The summed E-state index contributed by atoms with van der Waals surface area (Å²) in [6, 6.07) is 13.5. The standard InChI is InChI=1S/C30H26O12/c31-13-22-26(38)27(39)30(42-23(37)10-3-14-1-6-16(32)7-2-14)29(41-22)25-19(35)11-18(34)24-20(36)12-21(40-28(24)25)15-4-8-17(33)9-5-15/h1-12,22,26-27,29-35,38-39H,13H2. The van der Waals surface area contributed by atoms with Crippen molar-refractivity contribution in [2.45, 2.75) is 30.5 Å². The van der Waals surface area contributed by atoms with Gasteiger partial charge in [-0.15, -0.1) is 0 Å². The van der Waals surface area contributed by atoms with Crippen LogP contribution in [0.3, 0.4) is 0 Å². The van der Waals surface area contributed by atoms with Crippen LogP contribution in [0.2, 0.25) is 0 Å². The number of hydrogen-bond acceptors (Lipinski definition) is 12. The number of rotatable bonds is 6. The zero-order chi connectivity index (χ0) is 30.1. The summed E-state index contributed by atoms with van der Waals surface area (Å²) in [6.07, 6.45) is -5.84. The molecule has 1 aliphatic rings. The van der Waals surface area contributed by atoms with E-state index in [0.717, 1.165) is 18.2 Å². The number of aliphatic hydroxyl groups is 3. The molecule has 0 saturated carbocycles. The molecule has 1 fully saturated rings. The molecule has 5 rings (SSSR count). The van der Waals surface area contributed by atoms with Crippen LogP contribution in [-0.4, -0.2) is 72.7 Å². The predicted octanol–water partition coefficient (Wildman–Crippen LogP) is 2.06. The quantitative estimate of drug-likeness (QED) is 0.130. The Morgan fingerprint density at radius 1 is 0.881 bits per heavy atom. The molecule has 0 aliphatic carbocycles. The van der Waals surface area contributed by atoms with Gasteiger partial charge >= 0.3 is 5.97 Å². The Balaban J connectivity index is 1.61. The molecule has 7 N–H and O–H groups in total. The van der Waals surface area contributed by atoms with E-state index >= 15 is 0 Å². The summed E-state index contributed by atoms with van der Waals surface area (Å²) < 4.78 is 17.2. The maximum Gasteiger partial charge on any atom is 0.331 e. The summed E-state index contributed by atoms with van der Waals surface area (Å²) in [6.45, 7) is -0.768. The lowest BCUT2D eigenvalue weighted by atomic mass is 9.89. The summed E-state index contributed by atoms with van der Waals surface area (Å²) in [5.74, 6) is -2.30. The van der Waals surface area contributed by atoms with E-state index in [1.807, 2.05) is 0 Å². The van der Waals surface area contributed by atoms with Crippen LogP contribution in [0.4, 0.5) is 0 Å². The molecule has 1 aromatic heterocycles. The molecule has 2 heterocycles. The first kappa shape index (κ1) is 28.6. The van der Waals surface area contributed by atoms with E-state index in [0.29, 0.717) is 11.1 Å². The van der Waals surface area contributed by atoms with Crippen molar-refractivity contribution < 1.29 is 54.4 Å². The molecule has 0 radical (unpaired) electrons. The first-order valence-corrected chi connectivity index (χ1v) is 12.7. The summed E-state index contributed by atoms with van der Waals surface area (Å²) in [7, 11) is 0. The fourth-order valence-corrected chi connectivity index (χ4v) is 4.74. The average Bonchev–Trinajstić information content (AvgIpc) is 2.96. The second-order valence-electron chi connectivity index (χ2n) is 9.64. The predicted molar refractivity (Wildman–Crippen MR) is 147 cm³/mol. The molecule has 218 valence electrons. The second kappa shape index (κ2) is 11.5. The summed E-state index contributed by atoms with van der Waals surface area (Å²) in [5, 5.41) is 71.5. The van der Waals surface area contributed by atoms with Gasteiger partial charge in [-0.1, -0.05) is 12.1 Å². The molecule has 0 spiro atoms. The Morgan fingerprint density at radius 3 is 2.17 bits per heavy atom. The number of carbonyl (C=O) groups excluding carboxylic acids is 1. The number of esters is 1. The van der Waals surface area contributed by atoms with Gasteiger partial charge in [-0.05, 0) is 48.0 Å². The Kier molecular flexibility index (Phi) is 7.87. The van der Waals surface area contributed by atoms with Crippen molar-refractivity contribution in [3.63, 3.8) is 0 Å². The van der Waals surface area contributed by atoms with Crippen molar-refractivity contribution in [1.29, 1.82) is 0 Å². The molecule has 4 aromatic rings. The van der Waals surface area contributed by atoms with Gasteiger partial charge in [0.25, 0.3) is 0 Å².